The summed E-state index contributed by atoms with van der Waals surface area (Å²) in [7, 11) is 1.83. The van der Waals surface area contributed by atoms with Gasteiger partial charge in [0.05, 0.1) is 5.02 Å². The van der Waals surface area contributed by atoms with Crippen LogP contribution in [0.15, 0.2) is 103 Å². The van der Waals surface area contributed by atoms with Crippen LogP contribution in [0.1, 0.15) is 0 Å². The number of fused-ring (bicyclic) bond motifs is 1. The van der Waals surface area contributed by atoms with E-state index in [1.807, 2.05) is 79.8 Å². The minimum absolute atomic E-state index is 0.0363. The topological polar surface area (TPSA) is 84.9 Å². The molecular formula is C31H22ClFN6O. The van der Waals surface area contributed by atoms with E-state index in [1.165, 1.54) is 6.07 Å². The number of halogens is 2. The Bertz CT molecular complexity index is 1830. The number of nitrogens with one attached hydrogen (secondary N) is 2. The molecule has 2 N–H and O–H groups in total. The molecule has 0 spiro atoms. The van der Waals surface area contributed by atoms with Crippen LogP contribution in [0.2, 0.25) is 5.02 Å². The molecule has 7 nitrogen and oxygen atoms in total. The summed E-state index contributed by atoms with van der Waals surface area (Å²) in [5.41, 5.74) is 3.91. The summed E-state index contributed by atoms with van der Waals surface area (Å²) >= 11 is 6.01. The Morgan fingerprint density at radius 3 is 2.40 bits per heavy atom. The zero-order chi connectivity index (χ0) is 27.5. The second kappa shape index (κ2) is 11.0. The smallest absolute Gasteiger partial charge is 0.227 e. The van der Waals surface area contributed by atoms with E-state index in [0.29, 0.717) is 28.7 Å². The van der Waals surface area contributed by atoms with E-state index < -0.39 is 5.82 Å². The second-order valence-corrected chi connectivity index (χ2v) is 9.27. The number of rotatable bonds is 7. The maximum Gasteiger partial charge on any atom is 0.227 e. The second-order valence-electron chi connectivity index (χ2n) is 8.86. The van der Waals surface area contributed by atoms with Gasteiger partial charge in [-0.1, -0.05) is 35.9 Å². The monoisotopic (exact) mass is 548 g/mol. The lowest BCUT2D eigenvalue weighted by Crippen LogP contribution is -1.99. The van der Waals surface area contributed by atoms with Crippen molar-refractivity contribution in [2.75, 3.05) is 17.7 Å². The standard InChI is InChI=1S/C31H22ClFN6O/c1-34-28-18-19(14-16-35-28)23-7-4-15-36-31(23)40-22-11-9-21(10-12-22)37-30-25-6-3-2-5-24(25)29(38-39-30)20-8-13-27(33)26(32)17-20/h2-18H,1H3,(H,34,35)(H,37,39). The normalized spacial score (nSPS) is 10.9. The van der Waals surface area contributed by atoms with Crippen molar-refractivity contribution in [2.24, 2.45) is 0 Å². The molecule has 0 saturated heterocycles. The highest BCUT2D eigenvalue weighted by molar-refractivity contribution is 6.31. The maximum absolute atomic E-state index is 13.7. The van der Waals surface area contributed by atoms with E-state index in [0.717, 1.165) is 33.4 Å². The molecule has 6 aromatic rings. The Hall–Kier alpha value is -5.08. The lowest BCUT2D eigenvalue weighted by Gasteiger charge is -2.13. The van der Waals surface area contributed by atoms with Crippen molar-refractivity contribution in [3.05, 3.63) is 114 Å². The summed E-state index contributed by atoms with van der Waals surface area (Å²) in [4.78, 5) is 8.73. The molecule has 9 heteroatoms. The molecule has 0 aliphatic carbocycles. The Kier molecular flexibility index (Phi) is 6.91. The van der Waals surface area contributed by atoms with Gasteiger partial charge in [0, 0.05) is 47.0 Å². The minimum Gasteiger partial charge on any atom is -0.438 e. The number of benzene rings is 3. The number of ether oxygens (including phenoxy) is 1. The molecule has 0 atom stereocenters. The SMILES string of the molecule is CNc1cc(-c2cccnc2Oc2ccc(Nc3nnc(-c4ccc(F)c(Cl)c4)c4ccccc34)cc2)ccn1. The van der Waals surface area contributed by atoms with Gasteiger partial charge in [0.15, 0.2) is 5.82 Å². The quantitative estimate of drug-likeness (QED) is 0.208. The zero-order valence-corrected chi connectivity index (χ0v) is 22.0. The van der Waals surface area contributed by atoms with E-state index >= 15 is 0 Å². The highest BCUT2D eigenvalue weighted by Crippen LogP contribution is 2.35. The predicted octanol–water partition coefficient (Wildman–Crippen LogP) is 8.12. The summed E-state index contributed by atoms with van der Waals surface area (Å²) in [5, 5.41) is 17.0. The van der Waals surface area contributed by atoms with Gasteiger partial charge in [-0.2, -0.15) is 0 Å². The predicted molar refractivity (Wildman–Crippen MR) is 157 cm³/mol. The Labute approximate surface area is 234 Å². The Balaban J connectivity index is 1.25. The fourth-order valence-corrected chi connectivity index (χ4v) is 4.51. The molecule has 0 radical (unpaired) electrons. The number of aromatic nitrogens is 4. The molecule has 0 aliphatic heterocycles. The van der Waals surface area contributed by atoms with E-state index in [2.05, 4.69) is 30.8 Å². The van der Waals surface area contributed by atoms with Gasteiger partial charge in [-0.15, -0.1) is 10.2 Å². The lowest BCUT2D eigenvalue weighted by molar-refractivity contribution is 0.465. The van der Waals surface area contributed by atoms with Crippen molar-refractivity contribution >= 4 is 39.7 Å². The Morgan fingerprint density at radius 1 is 0.775 bits per heavy atom. The number of anilines is 3. The van der Waals surface area contributed by atoms with Crippen LogP contribution in [0, 0.1) is 5.82 Å². The van der Waals surface area contributed by atoms with E-state index in [-0.39, 0.29) is 5.02 Å². The fraction of sp³-hybridized carbons (Fsp3) is 0.0323. The van der Waals surface area contributed by atoms with Crippen molar-refractivity contribution in [1.29, 1.82) is 0 Å². The van der Waals surface area contributed by atoms with Gasteiger partial charge in [-0.25, -0.2) is 14.4 Å². The van der Waals surface area contributed by atoms with Crippen LogP contribution in [-0.4, -0.2) is 27.2 Å². The molecule has 0 amide bonds. The van der Waals surface area contributed by atoms with Crippen molar-refractivity contribution in [1.82, 2.24) is 20.2 Å². The molecule has 3 aromatic carbocycles. The summed E-state index contributed by atoms with van der Waals surface area (Å²) in [6.07, 6.45) is 3.44. The highest BCUT2D eigenvalue weighted by Gasteiger charge is 2.14. The molecule has 0 bridgehead atoms. The van der Waals surface area contributed by atoms with Crippen molar-refractivity contribution in [3.8, 4) is 34.0 Å². The van der Waals surface area contributed by atoms with Gasteiger partial charge in [0.1, 0.15) is 23.1 Å². The maximum atomic E-state index is 13.7. The van der Waals surface area contributed by atoms with Crippen LogP contribution in [0.5, 0.6) is 11.6 Å². The van der Waals surface area contributed by atoms with Gasteiger partial charge in [-0.05, 0) is 72.3 Å². The molecule has 3 aromatic heterocycles. The van der Waals surface area contributed by atoms with Gasteiger partial charge < -0.3 is 15.4 Å². The molecule has 0 fully saturated rings. The molecule has 196 valence electrons. The van der Waals surface area contributed by atoms with Crippen LogP contribution in [0.4, 0.5) is 21.7 Å². The van der Waals surface area contributed by atoms with E-state index in [9.17, 15) is 4.39 Å². The third kappa shape index (κ3) is 5.12. The first-order valence-corrected chi connectivity index (χ1v) is 12.8. The lowest BCUT2D eigenvalue weighted by atomic mass is 10.0. The third-order valence-corrected chi connectivity index (χ3v) is 6.60. The van der Waals surface area contributed by atoms with Gasteiger partial charge in [0.2, 0.25) is 5.88 Å². The minimum atomic E-state index is -0.479. The van der Waals surface area contributed by atoms with E-state index in [1.54, 1.807) is 24.5 Å². The molecular weight excluding hydrogens is 527 g/mol. The summed E-state index contributed by atoms with van der Waals surface area (Å²) < 4.78 is 19.9. The van der Waals surface area contributed by atoms with Crippen molar-refractivity contribution < 1.29 is 9.13 Å². The van der Waals surface area contributed by atoms with Crippen LogP contribution >= 0.6 is 11.6 Å². The first kappa shape index (κ1) is 25.2. The average Bonchev–Trinajstić information content (AvgIpc) is 3.00. The van der Waals surface area contributed by atoms with Crippen LogP contribution in [-0.2, 0) is 0 Å². The molecule has 3 heterocycles. The van der Waals surface area contributed by atoms with Gasteiger partial charge in [-0.3, -0.25) is 0 Å². The van der Waals surface area contributed by atoms with Crippen molar-refractivity contribution in [2.45, 2.75) is 0 Å². The molecule has 0 saturated carbocycles. The summed E-state index contributed by atoms with van der Waals surface area (Å²) in [5.74, 6) is 1.99. The average molecular weight is 549 g/mol. The Morgan fingerprint density at radius 2 is 1.60 bits per heavy atom. The van der Waals surface area contributed by atoms with Gasteiger partial charge >= 0.3 is 0 Å². The molecule has 0 aliphatic rings. The molecule has 6 rings (SSSR count). The van der Waals surface area contributed by atoms with E-state index in [4.69, 9.17) is 16.3 Å². The first-order valence-electron chi connectivity index (χ1n) is 12.4. The first-order chi connectivity index (χ1) is 19.6. The number of hydrogen-bond acceptors (Lipinski definition) is 7. The highest BCUT2D eigenvalue weighted by atomic mass is 35.5. The largest absolute Gasteiger partial charge is 0.438 e. The molecule has 40 heavy (non-hydrogen) atoms. The van der Waals surface area contributed by atoms with Crippen molar-refractivity contribution in [3.63, 3.8) is 0 Å². The fourth-order valence-electron chi connectivity index (χ4n) is 4.33. The summed E-state index contributed by atoms with van der Waals surface area (Å²) in [6, 6.07) is 27.5. The number of hydrogen-bond donors (Lipinski definition) is 2. The van der Waals surface area contributed by atoms with Gasteiger partial charge in [0.25, 0.3) is 0 Å². The van der Waals surface area contributed by atoms with Crippen LogP contribution < -0.4 is 15.4 Å². The summed E-state index contributed by atoms with van der Waals surface area (Å²) in [6.45, 7) is 0. The zero-order valence-electron chi connectivity index (χ0n) is 21.3. The van der Waals surface area contributed by atoms with Crippen LogP contribution in [0.3, 0.4) is 0 Å². The number of nitrogens with zero attached hydrogens (tertiary/aromatic N) is 4. The number of pyridine rings is 2. The van der Waals surface area contributed by atoms with Crippen LogP contribution in [0.25, 0.3) is 33.2 Å². The third-order valence-electron chi connectivity index (χ3n) is 6.31. The molecule has 0 unspecified atom stereocenters.